The fourth-order valence-corrected chi connectivity index (χ4v) is 0. The van der Waals surface area contributed by atoms with Gasteiger partial charge in [-0.2, -0.15) is 0 Å². The zero-order valence-corrected chi connectivity index (χ0v) is 14.6. The first-order valence-corrected chi connectivity index (χ1v) is 0. The Morgan fingerprint density at radius 2 is 1.00 bits per heavy atom. The van der Waals surface area contributed by atoms with Crippen LogP contribution in [0.5, 0.6) is 0 Å². The van der Waals surface area contributed by atoms with E-state index in [4.69, 9.17) is 0 Å². The van der Waals surface area contributed by atoms with Gasteiger partial charge in [0, 0.05) is 134 Å². The predicted octanol–water partition coefficient (Wildman–Crippen LogP) is -0.383. The molecule has 0 saturated carbocycles. The van der Waals surface area contributed by atoms with Gasteiger partial charge in [0.15, 0.2) is 0 Å². The second-order valence-electron chi connectivity index (χ2n) is 0. The van der Waals surface area contributed by atoms with Crippen LogP contribution < -0.4 is 0 Å². The molecule has 0 atom stereocenters. The number of hydrogen-bond acceptors (Lipinski definition) is 0. The molecular formula is CeLaSnY. The van der Waals surface area contributed by atoms with Crippen LogP contribution >= 0.6 is 0 Å². The summed E-state index contributed by atoms with van der Waals surface area (Å²) in [5.41, 5.74) is 0. The van der Waals surface area contributed by atoms with Crippen molar-refractivity contribution in [3.63, 3.8) is 0 Å². The summed E-state index contributed by atoms with van der Waals surface area (Å²) >= 11 is 0. The SMILES string of the molecule is [Ce].[La].[Sn].[Y]. The molecule has 0 N–H and O–H groups in total. The van der Waals surface area contributed by atoms with Gasteiger partial charge in [-0.3, -0.25) is 0 Å². The molecule has 0 spiro atoms. The molecule has 0 aromatic carbocycles. The maximum atomic E-state index is 0. The second-order valence-corrected chi connectivity index (χ2v) is 0. The molecule has 4 heavy (non-hydrogen) atoms. The van der Waals surface area contributed by atoms with Gasteiger partial charge in [0.05, 0.1) is 0 Å². The van der Waals surface area contributed by atoms with Crippen LogP contribution in [-0.2, 0) is 32.7 Å². The zero-order valence-electron chi connectivity index (χ0n) is 2.15. The third kappa shape index (κ3) is 9.69. The largest absolute Gasteiger partial charge is 0 e. The summed E-state index contributed by atoms with van der Waals surface area (Å²) in [4.78, 5) is 0. The molecule has 0 aromatic heterocycles. The van der Waals surface area contributed by atoms with Crippen LogP contribution in [0.3, 0.4) is 0 Å². The summed E-state index contributed by atoms with van der Waals surface area (Å²) in [6.07, 6.45) is 0. The van der Waals surface area contributed by atoms with E-state index in [-0.39, 0.29) is 134 Å². The summed E-state index contributed by atoms with van der Waals surface area (Å²) in [5, 5.41) is 0. The Labute approximate surface area is 130 Å². The topological polar surface area (TPSA) is 0 Å². The van der Waals surface area contributed by atoms with Crippen molar-refractivity contribution in [3.05, 3.63) is 0 Å². The molecule has 0 rings (SSSR count). The predicted molar refractivity (Wildman–Crippen MR) is 5.75 cm³/mol. The molecule has 0 amide bonds. The Balaban J connectivity index is 0. The monoisotopic (exact) mass is 488 g/mol. The Morgan fingerprint density at radius 3 is 1.00 bits per heavy atom. The molecule has 0 aliphatic rings. The smallest absolute Gasteiger partial charge is 0 e. The molecule has 0 saturated heterocycles. The average Bonchev–Trinajstić information content (AvgIpc) is 0. The van der Waals surface area contributed by atoms with E-state index in [1.165, 1.54) is 0 Å². The van der Waals surface area contributed by atoms with Gasteiger partial charge in [-0.15, -0.1) is 0 Å². The minimum absolute atomic E-state index is 0. The Kier molecular flexibility index (Phi) is 92.5. The van der Waals surface area contributed by atoms with Crippen LogP contribution in [0.4, 0.5) is 0 Å². The van der Waals surface area contributed by atoms with Gasteiger partial charge in [-0.1, -0.05) is 0 Å². The van der Waals surface area contributed by atoms with Crippen LogP contribution in [0.1, 0.15) is 0 Å². The van der Waals surface area contributed by atoms with E-state index in [9.17, 15) is 0 Å². The van der Waals surface area contributed by atoms with Gasteiger partial charge in [-0.25, -0.2) is 0 Å². The Bertz CT molecular complexity index is 8.00. The Hall–Kier alpha value is 4.47. The maximum Gasteiger partial charge on any atom is 0 e. The van der Waals surface area contributed by atoms with Crippen LogP contribution in [0, 0.1) is 77.3 Å². The zero-order chi connectivity index (χ0) is 0. The second kappa shape index (κ2) is 15.6. The van der Waals surface area contributed by atoms with E-state index in [1.54, 1.807) is 0 Å². The first-order valence-electron chi connectivity index (χ1n) is 0. The van der Waals surface area contributed by atoms with E-state index in [0.29, 0.717) is 0 Å². The van der Waals surface area contributed by atoms with Gasteiger partial charge in [-0.05, 0) is 0 Å². The molecule has 0 unspecified atom stereocenters. The molecule has 0 heterocycles. The minimum Gasteiger partial charge on any atom is 0 e. The van der Waals surface area contributed by atoms with E-state index in [0.717, 1.165) is 0 Å². The normalized spacial score (nSPS) is 0. The molecule has 14 valence electrons. The van der Waals surface area contributed by atoms with Crippen LogP contribution in [0.25, 0.3) is 0 Å². The van der Waals surface area contributed by atoms with Crippen molar-refractivity contribution in [1.82, 2.24) is 0 Å². The van der Waals surface area contributed by atoms with Crippen LogP contribution in [0.2, 0.25) is 0 Å². The molecule has 0 fully saturated rings. The third-order valence-corrected chi connectivity index (χ3v) is 0. The summed E-state index contributed by atoms with van der Waals surface area (Å²) in [7, 11) is 0. The van der Waals surface area contributed by atoms with Crippen molar-refractivity contribution >= 4 is 23.9 Å². The summed E-state index contributed by atoms with van der Waals surface area (Å²) in [6, 6.07) is 0. The molecular weight excluding hydrogens is 487 g/mol. The fourth-order valence-electron chi connectivity index (χ4n) is 0. The fraction of sp³-hybridized carbons (Fsp3) is 0. The van der Waals surface area contributed by atoms with Crippen molar-refractivity contribution in [2.75, 3.05) is 0 Å². The molecule has 0 aliphatic heterocycles. The van der Waals surface area contributed by atoms with Crippen molar-refractivity contribution in [2.24, 2.45) is 0 Å². The summed E-state index contributed by atoms with van der Waals surface area (Å²) in [6.45, 7) is 0. The van der Waals surface area contributed by atoms with Crippen molar-refractivity contribution < 1.29 is 110 Å². The van der Waals surface area contributed by atoms with E-state index in [2.05, 4.69) is 0 Å². The average molecular weight is 487 g/mol. The van der Waals surface area contributed by atoms with Gasteiger partial charge in [0.2, 0.25) is 0 Å². The van der Waals surface area contributed by atoms with E-state index < -0.39 is 0 Å². The van der Waals surface area contributed by atoms with Crippen LogP contribution in [0.15, 0.2) is 0 Å². The van der Waals surface area contributed by atoms with E-state index in [1.807, 2.05) is 0 Å². The number of rotatable bonds is 0. The van der Waals surface area contributed by atoms with Gasteiger partial charge in [0.25, 0.3) is 0 Å². The minimum atomic E-state index is 0. The maximum absolute atomic E-state index is 0. The summed E-state index contributed by atoms with van der Waals surface area (Å²) in [5.74, 6) is 0. The third-order valence-electron chi connectivity index (χ3n) is 0. The molecule has 6 radical (unpaired) electrons. The molecule has 0 bridgehead atoms. The molecule has 0 aliphatic carbocycles. The van der Waals surface area contributed by atoms with Gasteiger partial charge in [0.1, 0.15) is 0 Å². The van der Waals surface area contributed by atoms with Crippen LogP contribution in [-0.4, -0.2) is 23.9 Å². The standard InChI is InChI=1S/Ce.La.Sn.Y. The molecule has 4 heteroatoms. The molecule has 0 aromatic rings. The summed E-state index contributed by atoms with van der Waals surface area (Å²) < 4.78 is 0. The van der Waals surface area contributed by atoms with E-state index >= 15 is 0 Å². The van der Waals surface area contributed by atoms with Crippen molar-refractivity contribution in [2.45, 2.75) is 0 Å². The quantitative estimate of drug-likeness (QED) is 0.410. The first-order chi connectivity index (χ1) is 0. The number of hydrogen-bond donors (Lipinski definition) is 0. The Morgan fingerprint density at radius 1 is 1.00 bits per heavy atom. The van der Waals surface area contributed by atoms with Gasteiger partial charge < -0.3 is 0 Å². The van der Waals surface area contributed by atoms with Crippen molar-refractivity contribution in [3.8, 4) is 0 Å². The molecule has 0 nitrogen and oxygen atoms in total. The van der Waals surface area contributed by atoms with Gasteiger partial charge >= 0.3 is 0 Å². The first kappa shape index (κ1) is 23.6. The van der Waals surface area contributed by atoms with Crippen molar-refractivity contribution in [1.29, 1.82) is 0 Å².